The highest BCUT2D eigenvalue weighted by atomic mass is 35.5. The average molecular weight is 424 g/mol. The zero-order valence-corrected chi connectivity index (χ0v) is 16.9. The van der Waals surface area contributed by atoms with E-state index in [0.717, 1.165) is 16.9 Å². The molecule has 0 atom stereocenters. The Labute approximate surface area is 178 Å². The van der Waals surface area contributed by atoms with Crippen LogP contribution >= 0.6 is 23.4 Å². The summed E-state index contributed by atoms with van der Waals surface area (Å²) >= 11 is 7.44. The SMILES string of the molecule is NC(=NN=Cc1cccc(OC(=O)c2ccccc2Cl)c1)SCc1ccccc1. The number of nitrogens with two attached hydrogens (primary N) is 1. The number of benzene rings is 3. The van der Waals surface area contributed by atoms with Crippen LogP contribution in [-0.4, -0.2) is 17.4 Å². The highest BCUT2D eigenvalue weighted by Crippen LogP contribution is 2.19. The van der Waals surface area contributed by atoms with Crippen molar-refractivity contribution in [3.8, 4) is 5.75 Å². The lowest BCUT2D eigenvalue weighted by Gasteiger charge is -2.06. The second kappa shape index (κ2) is 10.5. The summed E-state index contributed by atoms with van der Waals surface area (Å²) in [6.45, 7) is 0. The van der Waals surface area contributed by atoms with Crippen LogP contribution in [0.15, 0.2) is 89.1 Å². The maximum atomic E-state index is 12.3. The maximum Gasteiger partial charge on any atom is 0.345 e. The first-order valence-corrected chi connectivity index (χ1v) is 10.1. The van der Waals surface area contributed by atoms with E-state index in [2.05, 4.69) is 10.2 Å². The fraction of sp³-hybridized carbons (Fsp3) is 0.0455. The van der Waals surface area contributed by atoms with Gasteiger partial charge in [0.15, 0.2) is 5.17 Å². The lowest BCUT2D eigenvalue weighted by atomic mass is 10.2. The Bertz CT molecular complexity index is 1040. The molecule has 3 aromatic carbocycles. The largest absolute Gasteiger partial charge is 0.423 e. The first-order chi connectivity index (χ1) is 14.1. The quantitative estimate of drug-likeness (QED) is 0.196. The lowest BCUT2D eigenvalue weighted by molar-refractivity contribution is 0.0735. The molecule has 0 aromatic heterocycles. The standard InChI is InChI=1S/C22H18ClN3O2S/c23-20-12-5-4-11-19(20)21(27)28-18-10-6-9-17(13-18)14-25-26-22(24)29-15-16-7-2-1-3-8-16/h1-14H,15H2,(H2,24,26). The predicted molar refractivity (Wildman–Crippen MR) is 120 cm³/mol. The van der Waals surface area contributed by atoms with Crippen molar-refractivity contribution >= 4 is 40.7 Å². The van der Waals surface area contributed by atoms with E-state index in [-0.39, 0.29) is 0 Å². The van der Waals surface area contributed by atoms with Gasteiger partial charge in [-0.3, -0.25) is 0 Å². The Morgan fingerprint density at radius 3 is 2.59 bits per heavy atom. The molecule has 2 N–H and O–H groups in total. The summed E-state index contributed by atoms with van der Waals surface area (Å²) in [7, 11) is 0. The minimum absolute atomic E-state index is 0.307. The number of hydrogen-bond donors (Lipinski definition) is 1. The minimum Gasteiger partial charge on any atom is -0.423 e. The van der Waals surface area contributed by atoms with E-state index in [9.17, 15) is 4.79 Å². The minimum atomic E-state index is -0.524. The third-order valence-electron chi connectivity index (χ3n) is 3.76. The van der Waals surface area contributed by atoms with Crippen LogP contribution in [-0.2, 0) is 5.75 Å². The molecule has 3 rings (SSSR count). The van der Waals surface area contributed by atoms with Crippen LogP contribution in [0, 0.1) is 0 Å². The Morgan fingerprint density at radius 2 is 1.79 bits per heavy atom. The van der Waals surface area contributed by atoms with E-state index in [1.807, 2.05) is 36.4 Å². The van der Waals surface area contributed by atoms with Gasteiger partial charge < -0.3 is 10.5 Å². The molecule has 0 unspecified atom stereocenters. The molecule has 0 radical (unpaired) electrons. The highest BCUT2D eigenvalue weighted by Gasteiger charge is 2.12. The normalized spacial score (nSPS) is 11.6. The Kier molecular flexibility index (Phi) is 7.44. The fourth-order valence-electron chi connectivity index (χ4n) is 2.36. The number of amidine groups is 1. The molecule has 0 amide bonds. The molecule has 0 saturated heterocycles. The number of thioether (sulfide) groups is 1. The molecule has 29 heavy (non-hydrogen) atoms. The van der Waals surface area contributed by atoms with E-state index >= 15 is 0 Å². The van der Waals surface area contributed by atoms with Crippen LogP contribution in [0.5, 0.6) is 5.75 Å². The molecular formula is C22H18ClN3O2S. The number of rotatable bonds is 6. The van der Waals surface area contributed by atoms with Gasteiger partial charge in [-0.1, -0.05) is 78.0 Å². The Morgan fingerprint density at radius 1 is 1.03 bits per heavy atom. The highest BCUT2D eigenvalue weighted by molar-refractivity contribution is 8.13. The number of esters is 1. The van der Waals surface area contributed by atoms with Crippen LogP contribution in [0.3, 0.4) is 0 Å². The molecule has 0 aliphatic carbocycles. The van der Waals surface area contributed by atoms with Gasteiger partial charge in [-0.15, -0.1) is 5.10 Å². The summed E-state index contributed by atoms with van der Waals surface area (Å²) in [6.07, 6.45) is 1.54. The Hall–Kier alpha value is -3.09. The summed E-state index contributed by atoms with van der Waals surface area (Å²) in [5.74, 6) is 0.581. The van der Waals surface area contributed by atoms with Crippen molar-refractivity contribution in [1.29, 1.82) is 0 Å². The molecule has 0 saturated carbocycles. The van der Waals surface area contributed by atoms with E-state index in [4.69, 9.17) is 22.1 Å². The smallest absolute Gasteiger partial charge is 0.345 e. The van der Waals surface area contributed by atoms with Crippen LogP contribution in [0.2, 0.25) is 5.02 Å². The van der Waals surface area contributed by atoms with Gasteiger partial charge in [0.2, 0.25) is 0 Å². The van der Waals surface area contributed by atoms with E-state index in [1.165, 1.54) is 11.8 Å². The average Bonchev–Trinajstić information content (AvgIpc) is 2.73. The molecule has 0 bridgehead atoms. The lowest BCUT2D eigenvalue weighted by Crippen LogP contribution is -2.09. The summed E-state index contributed by atoms with van der Waals surface area (Å²) < 4.78 is 5.39. The number of carbonyl (C=O) groups excluding carboxylic acids is 1. The van der Waals surface area contributed by atoms with Crippen molar-refractivity contribution in [1.82, 2.24) is 0 Å². The molecule has 0 spiro atoms. The van der Waals surface area contributed by atoms with Gasteiger partial charge in [-0.25, -0.2) is 4.79 Å². The summed E-state index contributed by atoms with van der Waals surface area (Å²) in [5.41, 5.74) is 8.07. The van der Waals surface area contributed by atoms with Gasteiger partial charge >= 0.3 is 5.97 Å². The van der Waals surface area contributed by atoms with Gasteiger partial charge in [0, 0.05) is 5.75 Å². The van der Waals surface area contributed by atoms with Crippen LogP contribution < -0.4 is 10.5 Å². The molecule has 0 fully saturated rings. The summed E-state index contributed by atoms with van der Waals surface area (Å²) in [6, 6.07) is 23.6. The molecule has 0 aliphatic rings. The molecule has 3 aromatic rings. The van der Waals surface area contributed by atoms with Gasteiger partial charge in [-0.05, 0) is 35.4 Å². The van der Waals surface area contributed by atoms with Gasteiger partial charge in [0.1, 0.15) is 5.75 Å². The summed E-state index contributed by atoms with van der Waals surface area (Å²) in [5, 5.41) is 8.70. The predicted octanol–water partition coefficient (Wildman–Crippen LogP) is 5.14. The van der Waals surface area contributed by atoms with Gasteiger partial charge in [-0.2, -0.15) is 5.10 Å². The van der Waals surface area contributed by atoms with Crippen molar-refractivity contribution in [2.24, 2.45) is 15.9 Å². The van der Waals surface area contributed by atoms with Crippen molar-refractivity contribution in [2.75, 3.05) is 0 Å². The number of ether oxygens (including phenoxy) is 1. The van der Waals surface area contributed by atoms with E-state index in [1.54, 1.807) is 48.7 Å². The molecular weight excluding hydrogens is 406 g/mol. The van der Waals surface area contributed by atoms with Gasteiger partial charge in [0.25, 0.3) is 0 Å². The zero-order valence-electron chi connectivity index (χ0n) is 15.4. The van der Waals surface area contributed by atoms with Crippen LogP contribution in [0.4, 0.5) is 0 Å². The third kappa shape index (κ3) is 6.48. The monoisotopic (exact) mass is 423 g/mol. The Balaban J connectivity index is 1.59. The second-order valence-electron chi connectivity index (χ2n) is 5.90. The number of nitrogens with zero attached hydrogens (tertiary/aromatic N) is 2. The first kappa shape index (κ1) is 20.6. The van der Waals surface area contributed by atoms with E-state index in [0.29, 0.717) is 21.5 Å². The maximum absolute atomic E-state index is 12.3. The fourth-order valence-corrected chi connectivity index (χ4v) is 3.18. The van der Waals surface area contributed by atoms with Gasteiger partial charge in [0.05, 0.1) is 16.8 Å². The van der Waals surface area contributed by atoms with Crippen molar-refractivity contribution in [3.63, 3.8) is 0 Å². The first-order valence-electron chi connectivity index (χ1n) is 8.72. The number of halogens is 1. The van der Waals surface area contributed by atoms with E-state index < -0.39 is 5.97 Å². The molecule has 0 aliphatic heterocycles. The summed E-state index contributed by atoms with van der Waals surface area (Å²) in [4.78, 5) is 12.3. The molecule has 146 valence electrons. The number of hydrogen-bond acceptors (Lipinski definition) is 5. The third-order valence-corrected chi connectivity index (χ3v) is 4.94. The molecule has 7 heteroatoms. The van der Waals surface area contributed by atoms with Crippen LogP contribution in [0.1, 0.15) is 21.5 Å². The number of carbonyl (C=O) groups is 1. The topological polar surface area (TPSA) is 77.0 Å². The second-order valence-corrected chi connectivity index (χ2v) is 7.30. The molecule has 0 heterocycles. The van der Waals surface area contributed by atoms with Crippen molar-refractivity contribution in [2.45, 2.75) is 5.75 Å². The molecule has 5 nitrogen and oxygen atoms in total. The van der Waals surface area contributed by atoms with Crippen molar-refractivity contribution in [3.05, 3.63) is 101 Å². The van der Waals surface area contributed by atoms with Crippen molar-refractivity contribution < 1.29 is 9.53 Å². The zero-order chi connectivity index (χ0) is 20.5. The van der Waals surface area contributed by atoms with Crippen LogP contribution in [0.25, 0.3) is 0 Å².